The summed E-state index contributed by atoms with van der Waals surface area (Å²) in [5.74, 6) is 0.0658. The van der Waals surface area contributed by atoms with Crippen LogP contribution in [-0.4, -0.2) is 42.2 Å². The van der Waals surface area contributed by atoms with Crippen LogP contribution < -0.4 is 0 Å². The molecular formula is C19H20ClNO3. The van der Waals surface area contributed by atoms with Crippen LogP contribution in [0.3, 0.4) is 0 Å². The lowest BCUT2D eigenvalue weighted by atomic mass is 9.88. The second-order valence-corrected chi connectivity index (χ2v) is 6.27. The van der Waals surface area contributed by atoms with Crippen LogP contribution in [0.2, 0.25) is 5.02 Å². The molecule has 126 valence electrons. The smallest absolute Gasteiger partial charge is 0.223 e. The van der Waals surface area contributed by atoms with Crippen molar-refractivity contribution in [3.63, 3.8) is 0 Å². The SMILES string of the molecule is O=C(C[C@H](c1cccc(O)c1)c1ccccc1Cl)N1CCOCC1. The third-order valence-electron chi connectivity index (χ3n) is 4.30. The number of amides is 1. The zero-order chi connectivity index (χ0) is 16.9. The van der Waals surface area contributed by atoms with Gasteiger partial charge in [-0.25, -0.2) is 0 Å². The van der Waals surface area contributed by atoms with Gasteiger partial charge in [0.15, 0.2) is 0 Å². The minimum Gasteiger partial charge on any atom is -0.508 e. The molecule has 1 saturated heterocycles. The number of hydrogen-bond acceptors (Lipinski definition) is 3. The second kappa shape index (κ2) is 7.69. The topological polar surface area (TPSA) is 49.8 Å². The molecule has 1 N–H and O–H groups in total. The van der Waals surface area contributed by atoms with Gasteiger partial charge in [-0.2, -0.15) is 0 Å². The summed E-state index contributed by atoms with van der Waals surface area (Å²) in [4.78, 5) is 14.5. The van der Waals surface area contributed by atoms with Gasteiger partial charge in [0.2, 0.25) is 5.91 Å². The average molecular weight is 346 g/mol. The molecule has 2 aromatic carbocycles. The van der Waals surface area contributed by atoms with Crippen molar-refractivity contribution in [3.8, 4) is 5.75 Å². The third kappa shape index (κ3) is 3.89. The van der Waals surface area contributed by atoms with Crippen molar-refractivity contribution < 1.29 is 14.6 Å². The zero-order valence-corrected chi connectivity index (χ0v) is 14.1. The molecule has 1 atom stereocenters. The Kier molecular flexibility index (Phi) is 5.38. The lowest BCUT2D eigenvalue weighted by Crippen LogP contribution is -2.41. The maximum absolute atomic E-state index is 12.7. The van der Waals surface area contributed by atoms with E-state index < -0.39 is 0 Å². The minimum atomic E-state index is -0.193. The average Bonchev–Trinajstić information content (AvgIpc) is 2.61. The Morgan fingerprint density at radius 1 is 1.17 bits per heavy atom. The summed E-state index contributed by atoms with van der Waals surface area (Å²) in [6.07, 6.45) is 0.313. The fourth-order valence-electron chi connectivity index (χ4n) is 3.02. The van der Waals surface area contributed by atoms with E-state index in [0.29, 0.717) is 37.7 Å². The molecule has 3 rings (SSSR count). The van der Waals surface area contributed by atoms with E-state index in [0.717, 1.165) is 11.1 Å². The number of halogens is 1. The summed E-state index contributed by atoms with van der Waals surface area (Å²) in [5.41, 5.74) is 1.77. The number of rotatable bonds is 4. The Bertz CT molecular complexity index is 713. The molecule has 1 heterocycles. The number of carbonyl (C=O) groups excluding carboxylic acids is 1. The van der Waals surface area contributed by atoms with Crippen molar-refractivity contribution in [3.05, 3.63) is 64.7 Å². The minimum absolute atomic E-state index is 0.0755. The van der Waals surface area contributed by atoms with Gasteiger partial charge < -0.3 is 14.7 Å². The number of ether oxygens (including phenoxy) is 1. The van der Waals surface area contributed by atoms with Crippen LogP contribution in [0.4, 0.5) is 0 Å². The van der Waals surface area contributed by atoms with Gasteiger partial charge in [-0.05, 0) is 29.3 Å². The first-order valence-electron chi connectivity index (χ1n) is 8.04. The largest absolute Gasteiger partial charge is 0.508 e. The molecule has 0 radical (unpaired) electrons. The van der Waals surface area contributed by atoms with E-state index in [9.17, 15) is 9.90 Å². The predicted octanol–water partition coefficient (Wildman–Crippen LogP) is 3.43. The first-order valence-corrected chi connectivity index (χ1v) is 8.42. The summed E-state index contributed by atoms with van der Waals surface area (Å²) in [5, 5.41) is 10.4. The van der Waals surface area contributed by atoms with E-state index >= 15 is 0 Å². The highest BCUT2D eigenvalue weighted by molar-refractivity contribution is 6.31. The second-order valence-electron chi connectivity index (χ2n) is 5.87. The van der Waals surface area contributed by atoms with Crippen molar-refractivity contribution in [1.82, 2.24) is 4.90 Å². The molecule has 1 fully saturated rings. The molecule has 24 heavy (non-hydrogen) atoms. The van der Waals surface area contributed by atoms with E-state index in [-0.39, 0.29) is 17.6 Å². The van der Waals surface area contributed by atoms with Crippen LogP contribution in [0.5, 0.6) is 5.75 Å². The van der Waals surface area contributed by atoms with Gasteiger partial charge in [-0.15, -0.1) is 0 Å². The number of phenols is 1. The summed E-state index contributed by atoms with van der Waals surface area (Å²) in [6, 6.07) is 14.6. The van der Waals surface area contributed by atoms with E-state index in [1.807, 2.05) is 35.2 Å². The molecule has 1 aliphatic heterocycles. The van der Waals surface area contributed by atoms with Crippen molar-refractivity contribution in [2.45, 2.75) is 12.3 Å². The van der Waals surface area contributed by atoms with Crippen molar-refractivity contribution >= 4 is 17.5 Å². The van der Waals surface area contributed by atoms with Crippen LogP contribution >= 0.6 is 11.6 Å². The molecule has 1 amide bonds. The Hall–Kier alpha value is -2.04. The molecule has 0 aliphatic carbocycles. The van der Waals surface area contributed by atoms with Gasteiger partial charge in [-0.1, -0.05) is 41.9 Å². The fraction of sp³-hybridized carbons (Fsp3) is 0.316. The quantitative estimate of drug-likeness (QED) is 0.923. The third-order valence-corrected chi connectivity index (χ3v) is 4.64. The zero-order valence-electron chi connectivity index (χ0n) is 13.3. The number of morpholine rings is 1. The highest BCUT2D eigenvalue weighted by atomic mass is 35.5. The number of hydrogen-bond donors (Lipinski definition) is 1. The number of phenolic OH excluding ortho intramolecular Hbond substituents is 1. The van der Waals surface area contributed by atoms with Gasteiger partial charge in [0, 0.05) is 30.5 Å². The van der Waals surface area contributed by atoms with Crippen LogP contribution in [0, 0.1) is 0 Å². The highest BCUT2D eigenvalue weighted by Crippen LogP contribution is 2.34. The predicted molar refractivity (Wildman–Crippen MR) is 93.4 cm³/mol. The van der Waals surface area contributed by atoms with Gasteiger partial charge >= 0.3 is 0 Å². The maximum Gasteiger partial charge on any atom is 0.223 e. The summed E-state index contributed by atoms with van der Waals surface area (Å²) < 4.78 is 5.31. The highest BCUT2D eigenvalue weighted by Gasteiger charge is 2.25. The lowest BCUT2D eigenvalue weighted by Gasteiger charge is -2.29. The molecule has 0 spiro atoms. The summed E-state index contributed by atoms with van der Waals surface area (Å²) in [7, 11) is 0. The molecule has 4 nitrogen and oxygen atoms in total. The number of carbonyl (C=O) groups is 1. The van der Waals surface area contributed by atoms with Crippen LogP contribution in [0.1, 0.15) is 23.5 Å². The van der Waals surface area contributed by atoms with Crippen molar-refractivity contribution in [1.29, 1.82) is 0 Å². The number of benzene rings is 2. The first kappa shape index (κ1) is 16.8. The molecule has 0 bridgehead atoms. The van der Waals surface area contributed by atoms with Crippen molar-refractivity contribution in [2.24, 2.45) is 0 Å². The maximum atomic E-state index is 12.7. The Labute approximate surface area is 146 Å². The normalized spacial score (nSPS) is 16.0. The lowest BCUT2D eigenvalue weighted by molar-refractivity contribution is -0.135. The Morgan fingerprint density at radius 3 is 2.62 bits per heavy atom. The number of nitrogens with zero attached hydrogens (tertiary/aromatic N) is 1. The monoisotopic (exact) mass is 345 g/mol. The fourth-order valence-corrected chi connectivity index (χ4v) is 3.29. The van der Waals surface area contributed by atoms with Crippen LogP contribution in [0.25, 0.3) is 0 Å². The molecular weight excluding hydrogens is 326 g/mol. The Morgan fingerprint density at radius 2 is 1.92 bits per heavy atom. The van der Waals surface area contributed by atoms with E-state index in [1.54, 1.807) is 18.2 Å². The van der Waals surface area contributed by atoms with Gasteiger partial charge in [0.1, 0.15) is 5.75 Å². The molecule has 2 aromatic rings. The molecule has 0 unspecified atom stereocenters. The standard InChI is InChI=1S/C19H20ClNO3/c20-18-7-2-1-6-16(18)17(14-4-3-5-15(22)12-14)13-19(23)21-8-10-24-11-9-21/h1-7,12,17,22H,8-11,13H2/t17-/m1/s1. The van der Waals surface area contributed by atoms with Crippen LogP contribution in [-0.2, 0) is 9.53 Å². The van der Waals surface area contributed by atoms with E-state index in [2.05, 4.69) is 0 Å². The summed E-state index contributed by atoms with van der Waals surface area (Å²) >= 11 is 6.37. The van der Waals surface area contributed by atoms with Gasteiger partial charge in [0.25, 0.3) is 0 Å². The van der Waals surface area contributed by atoms with Gasteiger partial charge in [-0.3, -0.25) is 4.79 Å². The molecule has 5 heteroatoms. The number of aromatic hydroxyl groups is 1. The van der Waals surface area contributed by atoms with E-state index in [1.165, 1.54) is 0 Å². The summed E-state index contributed by atoms with van der Waals surface area (Å²) in [6.45, 7) is 2.39. The van der Waals surface area contributed by atoms with Gasteiger partial charge in [0.05, 0.1) is 13.2 Å². The van der Waals surface area contributed by atoms with E-state index in [4.69, 9.17) is 16.3 Å². The molecule has 0 saturated carbocycles. The molecule has 0 aromatic heterocycles. The van der Waals surface area contributed by atoms with Crippen LogP contribution in [0.15, 0.2) is 48.5 Å². The Balaban J connectivity index is 1.90. The molecule has 1 aliphatic rings. The van der Waals surface area contributed by atoms with Crippen molar-refractivity contribution in [2.75, 3.05) is 26.3 Å². The first-order chi connectivity index (χ1) is 11.6.